The van der Waals surface area contributed by atoms with E-state index in [0.717, 1.165) is 12.1 Å². The van der Waals surface area contributed by atoms with E-state index >= 15 is 0 Å². The van der Waals surface area contributed by atoms with Crippen LogP contribution < -0.4 is 10.6 Å². The summed E-state index contributed by atoms with van der Waals surface area (Å²) in [5.74, 6) is -8.80. The van der Waals surface area contributed by atoms with Gasteiger partial charge in [-0.3, -0.25) is 9.59 Å². The number of anilines is 1. The number of halogens is 6. The number of rotatable bonds is 5. The zero-order chi connectivity index (χ0) is 21.9. The molecule has 0 aliphatic heterocycles. The Kier molecular flexibility index (Phi) is 6.15. The van der Waals surface area contributed by atoms with E-state index in [1.54, 1.807) is 0 Å². The quantitative estimate of drug-likeness (QED) is 0.648. The Morgan fingerprint density at radius 3 is 2.03 bits per heavy atom. The molecule has 2 aromatic carbocycles. The second-order valence-electron chi connectivity index (χ2n) is 5.56. The van der Waals surface area contributed by atoms with Gasteiger partial charge in [-0.05, 0) is 30.3 Å². The Balaban J connectivity index is 2.26. The third kappa shape index (κ3) is 5.24. The van der Waals surface area contributed by atoms with Gasteiger partial charge in [-0.25, -0.2) is 18.0 Å². The van der Waals surface area contributed by atoms with Crippen LogP contribution in [0, 0.1) is 17.5 Å². The molecule has 0 saturated heterocycles. The number of hydrogen-bond acceptors (Lipinski definition) is 3. The minimum Gasteiger partial charge on any atom is -0.479 e. The van der Waals surface area contributed by atoms with Gasteiger partial charge in [0.25, 0.3) is 11.8 Å². The molecule has 0 saturated carbocycles. The average molecular weight is 420 g/mol. The molecular formula is C17H10F6N2O4. The third-order valence-corrected chi connectivity index (χ3v) is 3.50. The molecule has 0 radical (unpaired) electrons. The molecule has 0 heterocycles. The topological polar surface area (TPSA) is 95.5 Å². The summed E-state index contributed by atoms with van der Waals surface area (Å²) in [7, 11) is 0. The summed E-state index contributed by atoms with van der Waals surface area (Å²) in [6.45, 7) is 0. The highest BCUT2D eigenvalue weighted by Gasteiger charge is 2.46. The SMILES string of the molecule is O=C(N[C@@H](C(=O)O)C(F)(F)F)c1ccc(F)c(C(=O)Nc2ccc(F)c(F)c2)c1. The standard InChI is InChI=1S/C17H10F6N2O4/c18-10-3-1-7(14(26)25-13(16(28)29)17(21,22)23)5-9(10)15(27)24-8-2-4-11(19)12(20)6-8/h1-6,13H,(H,24,27)(H,25,26)(H,28,29)/t13-/m0/s1. The maximum atomic E-state index is 13.9. The van der Waals surface area contributed by atoms with E-state index in [0.29, 0.717) is 24.3 Å². The fraction of sp³-hybridized carbons (Fsp3) is 0.118. The second kappa shape index (κ2) is 8.20. The van der Waals surface area contributed by atoms with Crippen LogP contribution in [0.3, 0.4) is 0 Å². The zero-order valence-corrected chi connectivity index (χ0v) is 14.0. The van der Waals surface area contributed by atoms with Crippen molar-refractivity contribution in [2.75, 3.05) is 5.32 Å². The summed E-state index contributed by atoms with van der Waals surface area (Å²) < 4.78 is 77.9. The monoisotopic (exact) mass is 420 g/mol. The van der Waals surface area contributed by atoms with Crippen molar-refractivity contribution in [3.05, 3.63) is 65.0 Å². The summed E-state index contributed by atoms with van der Waals surface area (Å²) in [6, 6.07) is 0.934. The smallest absolute Gasteiger partial charge is 0.419 e. The molecule has 2 aromatic rings. The van der Waals surface area contributed by atoms with E-state index < -0.39 is 58.6 Å². The lowest BCUT2D eigenvalue weighted by Crippen LogP contribution is -2.50. The van der Waals surface area contributed by atoms with Crippen molar-refractivity contribution in [1.29, 1.82) is 0 Å². The summed E-state index contributed by atoms with van der Waals surface area (Å²) in [4.78, 5) is 34.7. The van der Waals surface area contributed by atoms with Gasteiger partial charge in [-0.15, -0.1) is 0 Å². The Labute approximate surface area is 158 Å². The van der Waals surface area contributed by atoms with Crippen LogP contribution in [0.1, 0.15) is 20.7 Å². The van der Waals surface area contributed by atoms with Crippen LogP contribution in [0.4, 0.5) is 32.0 Å². The highest BCUT2D eigenvalue weighted by molar-refractivity contribution is 6.06. The van der Waals surface area contributed by atoms with Gasteiger partial charge in [-0.2, -0.15) is 13.2 Å². The van der Waals surface area contributed by atoms with Crippen molar-refractivity contribution in [3.8, 4) is 0 Å². The lowest BCUT2D eigenvalue weighted by molar-refractivity contribution is -0.178. The Morgan fingerprint density at radius 2 is 1.48 bits per heavy atom. The predicted molar refractivity (Wildman–Crippen MR) is 85.7 cm³/mol. The highest BCUT2D eigenvalue weighted by atomic mass is 19.4. The first kappa shape index (κ1) is 21.7. The largest absolute Gasteiger partial charge is 0.479 e. The van der Waals surface area contributed by atoms with Crippen molar-refractivity contribution in [1.82, 2.24) is 5.32 Å². The lowest BCUT2D eigenvalue weighted by atomic mass is 10.1. The number of benzene rings is 2. The van der Waals surface area contributed by atoms with Gasteiger partial charge in [0.1, 0.15) is 5.82 Å². The van der Waals surface area contributed by atoms with Crippen LogP contribution in [-0.4, -0.2) is 35.1 Å². The third-order valence-electron chi connectivity index (χ3n) is 3.50. The van der Waals surface area contributed by atoms with Crippen LogP contribution in [0.5, 0.6) is 0 Å². The van der Waals surface area contributed by atoms with E-state index in [1.807, 2.05) is 5.32 Å². The molecule has 2 amide bonds. The molecule has 6 nitrogen and oxygen atoms in total. The van der Waals surface area contributed by atoms with Gasteiger partial charge < -0.3 is 15.7 Å². The molecule has 0 aliphatic carbocycles. The highest BCUT2D eigenvalue weighted by Crippen LogP contribution is 2.21. The number of alkyl halides is 3. The minimum absolute atomic E-state index is 0.258. The molecule has 0 unspecified atom stereocenters. The molecule has 3 N–H and O–H groups in total. The first-order chi connectivity index (χ1) is 13.4. The fourth-order valence-corrected chi connectivity index (χ4v) is 2.11. The van der Waals surface area contributed by atoms with E-state index in [4.69, 9.17) is 5.11 Å². The molecule has 0 bridgehead atoms. The second-order valence-corrected chi connectivity index (χ2v) is 5.56. The molecule has 154 valence electrons. The number of nitrogens with one attached hydrogen (secondary N) is 2. The molecule has 29 heavy (non-hydrogen) atoms. The van der Waals surface area contributed by atoms with Gasteiger partial charge in [0.2, 0.25) is 6.04 Å². The van der Waals surface area contributed by atoms with Crippen LogP contribution in [-0.2, 0) is 4.79 Å². The first-order valence-electron chi connectivity index (χ1n) is 7.56. The van der Waals surface area contributed by atoms with Gasteiger partial charge in [0.15, 0.2) is 11.6 Å². The molecule has 2 rings (SSSR count). The van der Waals surface area contributed by atoms with Crippen molar-refractivity contribution in [2.45, 2.75) is 12.2 Å². The zero-order valence-electron chi connectivity index (χ0n) is 14.0. The number of carbonyl (C=O) groups is 3. The van der Waals surface area contributed by atoms with E-state index in [9.17, 15) is 40.7 Å². The van der Waals surface area contributed by atoms with E-state index in [1.165, 1.54) is 5.32 Å². The number of hydrogen-bond donors (Lipinski definition) is 3. The van der Waals surface area contributed by atoms with Crippen molar-refractivity contribution < 1.29 is 45.8 Å². The normalized spacial score (nSPS) is 12.2. The number of carbonyl (C=O) groups excluding carboxylic acids is 2. The van der Waals surface area contributed by atoms with Crippen LogP contribution in [0.2, 0.25) is 0 Å². The molecular weight excluding hydrogens is 410 g/mol. The maximum Gasteiger partial charge on any atom is 0.419 e. The van der Waals surface area contributed by atoms with Gasteiger partial charge in [-0.1, -0.05) is 0 Å². The maximum absolute atomic E-state index is 13.9. The summed E-state index contributed by atoms with van der Waals surface area (Å²) >= 11 is 0. The average Bonchev–Trinajstić information content (AvgIpc) is 2.61. The molecule has 0 aliphatic rings. The molecule has 0 spiro atoms. The van der Waals surface area contributed by atoms with Crippen molar-refractivity contribution in [3.63, 3.8) is 0 Å². The van der Waals surface area contributed by atoms with Gasteiger partial charge in [0, 0.05) is 17.3 Å². The summed E-state index contributed by atoms with van der Waals surface area (Å²) in [5.41, 5.74) is -1.70. The Bertz CT molecular complexity index is 977. The van der Waals surface area contributed by atoms with Crippen LogP contribution >= 0.6 is 0 Å². The predicted octanol–water partition coefficient (Wildman–Crippen LogP) is 3.10. The molecule has 12 heteroatoms. The van der Waals surface area contributed by atoms with Gasteiger partial charge >= 0.3 is 12.1 Å². The lowest BCUT2D eigenvalue weighted by Gasteiger charge is -2.17. The van der Waals surface area contributed by atoms with Crippen LogP contribution in [0.15, 0.2) is 36.4 Å². The fourth-order valence-electron chi connectivity index (χ4n) is 2.11. The first-order valence-corrected chi connectivity index (χ1v) is 7.56. The number of carboxylic acids is 1. The minimum atomic E-state index is -5.30. The number of aliphatic carboxylic acids is 1. The number of carboxylic acid groups (broad SMARTS) is 1. The van der Waals surface area contributed by atoms with Gasteiger partial charge in [0.05, 0.1) is 5.56 Å². The summed E-state index contributed by atoms with van der Waals surface area (Å²) in [5, 5.41) is 11.8. The van der Waals surface area contributed by atoms with Crippen LogP contribution in [0.25, 0.3) is 0 Å². The molecule has 1 atom stereocenters. The summed E-state index contributed by atoms with van der Waals surface area (Å²) in [6.07, 6.45) is -5.30. The van der Waals surface area contributed by atoms with Crippen molar-refractivity contribution >= 4 is 23.5 Å². The molecule has 0 fully saturated rings. The number of amides is 2. The Hall–Kier alpha value is -3.57. The Morgan fingerprint density at radius 1 is 0.862 bits per heavy atom. The van der Waals surface area contributed by atoms with E-state index in [-0.39, 0.29) is 5.69 Å². The van der Waals surface area contributed by atoms with E-state index in [2.05, 4.69) is 0 Å². The van der Waals surface area contributed by atoms with Crippen molar-refractivity contribution in [2.24, 2.45) is 0 Å². The molecule has 0 aromatic heterocycles.